The highest BCUT2D eigenvalue weighted by molar-refractivity contribution is 5.78. The van der Waals surface area contributed by atoms with Crippen LogP contribution in [-0.4, -0.2) is 53.6 Å². The van der Waals surface area contributed by atoms with Crippen LogP contribution >= 0.6 is 0 Å². The predicted molar refractivity (Wildman–Crippen MR) is 121 cm³/mol. The first-order chi connectivity index (χ1) is 15.7. The van der Waals surface area contributed by atoms with Gasteiger partial charge in [-0.05, 0) is 25.0 Å². The highest BCUT2D eigenvalue weighted by Gasteiger charge is 2.27. The van der Waals surface area contributed by atoms with Crippen LogP contribution in [0.1, 0.15) is 18.4 Å². The van der Waals surface area contributed by atoms with Crippen LogP contribution in [0.5, 0.6) is 11.6 Å². The van der Waals surface area contributed by atoms with Gasteiger partial charge in [0.15, 0.2) is 0 Å². The van der Waals surface area contributed by atoms with Crippen molar-refractivity contribution in [3.8, 4) is 22.9 Å². The van der Waals surface area contributed by atoms with Crippen LogP contribution in [0.25, 0.3) is 11.3 Å². The molecule has 1 saturated heterocycles. The molecule has 168 valence electrons. The third-order valence-corrected chi connectivity index (χ3v) is 5.51. The largest absolute Gasteiger partial charge is 0.439 e. The molecule has 32 heavy (non-hydrogen) atoms. The van der Waals surface area contributed by atoms with Crippen molar-refractivity contribution in [1.29, 1.82) is 0 Å². The molecule has 1 unspecified atom stereocenters. The Labute approximate surface area is 188 Å². The normalized spacial score (nSPS) is 15.6. The summed E-state index contributed by atoms with van der Waals surface area (Å²) in [6.07, 6.45) is 2.00. The summed E-state index contributed by atoms with van der Waals surface area (Å²) in [7, 11) is 3.39. The maximum atomic E-state index is 12.9. The van der Waals surface area contributed by atoms with Gasteiger partial charge in [0.25, 0.3) is 0 Å². The molecule has 0 aliphatic carbocycles. The highest BCUT2D eigenvalue weighted by Crippen LogP contribution is 2.34. The van der Waals surface area contributed by atoms with Crippen LogP contribution < -0.4 is 4.74 Å². The number of aryl methyl sites for hydroxylation is 1. The maximum absolute atomic E-state index is 12.9. The quantitative estimate of drug-likeness (QED) is 0.508. The van der Waals surface area contributed by atoms with E-state index in [-0.39, 0.29) is 18.6 Å². The lowest BCUT2D eigenvalue weighted by Gasteiger charge is -2.26. The van der Waals surface area contributed by atoms with Crippen molar-refractivity contribution >= 4 is 5.91 Å². The number of aromatic nitrogens is 2. The predicted octanol–water partition coefficient (Wildman–Crippen LogP) is 4.03. The molecule has 0 radical (unpaired) electrons. The van der Waals surface area contributed by atoms with Crippen molar-refractivity contribution in [2.45, 2.75) is 25.5 Å². The van der Waals surface area contributed by atoms with Gasteiger partial charge in [-0.3, -0.25) is 4.79 Å². The Bertz CT molecular complexity index is 1010. The summed E-state index contributed by atoms with van der Waals surface area (Å²) in [5.41, 5.74) is 2.61. The molecular formula is C25H29N3O4. The first-order valence-corrected chi connectivity index (χ1v) is 10.9. The molecule has 0 saturated carbocycles. The molecule has 7 nitrogen and oxygen atoms in total. The number of amides is 1. The van der Waals surface area contributed by atoms with Crippen molar-refractivity contribution in [1.82, 2.24) is 14.7 Å². The SMILES string of the molecule is COCC(=O)N(Cc1c(-c2ccccc2)nn(C)c1Oc1ccccc1)CC1CCCO1. The third-order valence-electron chi connectivity index (χ3n) is 5.51. The van der Waals surface area contributed by atoms with Crippen molar-refractivity contribution in [2.24, 2.45) is 7.05 Å². The van der Waals surface area contributed by atoms with E-state index in [1.54, 1.807) is 9.58 Å². The average molecular weight is 436 g/mol. The van der Waals surface area contributed by atoms with E-state index >= 15 is 0 Å². The fourth-order valence-electron chi connectivity index (χ4n) is 3.94. The Hall–Kier alpha value is -3.16. The summed E-state index contributed by atoms with van der Waals surface area (Å²) in [5.74, 6) is 1.24. The molecule has 1 aliphatic rings. The number of carbonyl (C=O) groups is 1. The van der Waals surface area contributed by atoms with Gasteiger partial charge < -0.3 is 19.1 Å². The fraction of sp³-hybridized carbons (Fsp3) is 0.360. The van der Waals surface area contributed by atoms with E-state index < -0.39 is 0 Å². The molecule has 4 rings (SSSR count). The number of benzene rings is 2. The summed E-state index contributed by atoms with van der Waals surface area (Å²) in [5, 5.41) is 4.76. The Morgan fingerprint density at radius 2 is 1.88 bits per heavy atom. The van der Waals surface area contributed by atoms with Crippen molar-refractivity contribution in [3.05, 3.63) is 66.2 Å². The van der Waals surface area contributed by atoms with Gasteiger partial charge in [-0.15, -0.1) is 0 Å². The molecule has 0 spiro atoms. The molecule has 1 aliphatic heterocycles. The minimum atomic E-state index is -0.0866. The topological polar surface area (TPSA) is 65.8 Å². The van der Waals surface area contributed by atoms with Gasteiger partial charge in [0.2, 0.25) is 11.8 Å². The van der Waals surface area contributed by atoms with Gasteiger partial charge in [-0.2, -0.15) is 5.10 Å². The summed E-state index contributed by atoms with van der Waals surface area (Å²) >= 11 is 0. The van der Waals surface area contributed by atoms with Crippen LogP contribution in [0.15, 0.2) is 60.7 Å². The summed E-state index contributed by atoms with van der Waals surface area (Å²) < 4.78 is 18.9. The third kappa shape index (κ3) is 5.18. The van der Waals surface area contributed by atoms with Crippen molar-refractivity contribution in [3.63, 3.8) is 0 Å². The van der Waals surface area contributed by atoms with E-state index in [0.29, 0.717) is 24.7 Å². The zero-order valence-corrected chi connectivity index (χ0v) is 18.6. The van der Waals surface area contributed by atoms with E-state index in [9.17, 15) is 4.79 Å². The van der Waals surface area contributed by atoms with E-state index in [2.05, 4.69) is 0 Å². The van der Waals surface area contributed by atoms with Crippen LogP contribution in [0, 0.1) is 0 Å². The van der Waals surface area contributed by atoms with Crippen LogP contribution in [0.2, 0.25) is 0 Å². The number of hydrogen-bond acceptors (Lipinski definition) is 5. The number of rotatable bonds is 9. The second-order valence-electron chi connectivity index (χ2n) is 7.88. The number of nitrogens with zero attached hydrogens (tertiary/aromatic N) is 3. The smallest absolute Gasteiger partial charge is 0.248 e. The maximum Gasteiger partial charge on any atom is 0.248 e. The van der Waals surface area contributed by atoms with Gasteiger partial charge >= 0.3 is 0 Å². The minimum absolute atomic E-state index is 0.0164. The molecular weight excluding hydrogens is 406 g/mol. The van der Waals surface area contributed by atoms with Crippen molar-refractivity contribution in [2.75, 3.05) is 26.9 Å². The molecule has 1 aromatic heterocycles. The minimum Gasteiger partial charge on any atom is -0.439 e. The summed E-state index contributed by atoms with van der Waals surface area (Å²) in [6, 6.07) is 19.6. The second-order valence-corrected chi connectivity index (χ2v) is 7.88. The van der Waals surface area contributed by atoms with Crippen LogP contribution in [0.3, 0.4) is 0 Å². The van der Waals surface area contributed by atoms with Crippen LogP contribution in [0.4, 0.5) is 0 Å². The monoisotopic (exact) mass is 435 g/mol. The number of ether oxygens (including phenoxy) is 3. The van der Waals surface area contributed by atoms with E-state index in [4.69, 9.17) is 19.3 Å². The lowest BCUT2D eigenvalue weighted by atomic mass is 10.1. The zero-order chi connectivity index (χ0) is 22.3. The van der Waals surface area contributed by atoms with Gasteiger partial charge in [-0.25, -0.2) is 4.68 Å². The first kappa shape index (κ1) is 22.0. The zero-order valence-electron chi connectivity index (χ0n) is 18.6. The van der Waals surface area contributed by atoms with E-state index in [1.165, 1.54) is 7.11 Å². The fourth-order valence-corrected chi connectivity index (χ4v) is 3.94. The molecule has 1 fully saturated rings. The molecule has 1 atom stereocenters. The van der Waals surface area contributed by atoms with Crippen LogP contribution in [-0.2, 0) is 27.9 Å². The summed E-state index contributed by atoms with van der Waals surface area (Å²) in [6.45, 7) is 1.61. The Kier molecular flexibility index (Phi) is 7.19. The highest BCUT2D eigenvalue weighted by atomic mass is 16.5. The van der Waals surface area contributed by atoms with Gasteiger partial charge in [0.05, 0.1) is 18.2 Å². The molecule has 0 N–H and O–H groups in total. The average Bonchev–Trinajstić information content (AvgIpc) is 3.43. The molecule has 7 heteroatoms. The van der Waals surface area contributed by atoms with Gasteiger partial charge in [0.1, 0.15) is 18.1 Å². The lowest BCUT2D eigenvalue weighted by molar-refractivity contribution is -0.137. The summed E-state index contributed by atoms with van der Waals surface area (Å²) in [4.78, 5) is 14.7. The Morgan fingerprint density at radius 1 is 1.16 bits per heavy atom. The molecule has 0 bridgehead atoms. The number of carbonyl (C=O) groups excluding carboxylic acids is 1. The molecule has 2 heterocycles. The second kappa shape index (κ2) is 10.4. The Balaban J connectivity index is 1.72. The molecule has 2 aromatic carbocycles. The van der Waals surface area contributed by atoms with Crippen molar-refractivity contribution < 1.29 is 19.0 Å². The number of methoxy groups -OCH3 is 1. The number of para-hydroxylation sites is 1. The first-order valence-electron chi connectivity index (χ1n) is 10.9. The number of hydrogen-bond donors (Lipinski definition) is 0. The standard InChI is InChI=1S/C25H29N3O4/c1-27-25(32-20-12-7-4-8-13-20)22(24(26-27)19-10-5-3-6-11-19)17-28(23(29)18-30-2)16-21-14-9-15-31-21/h3-8,10-13,21H,9,14-18H2,1-2H3. The molecule has 3 aromatic rings. The van der Waals surface area contributed by atoms with Gasteiger partial charge in [-0.1, -0.05) is 48.5 Å². The van der Waals surface area contributed by atoms with E-state index in [1.807, 2.05) is 67.7 Å². The van der Waals surface area contributed by atoms with Gasteiger partial charge in [0, 0.05) is 32.9 Å². The lowest BCUT2D eigenvalue weighted by Crippen LogP contribution is -2.39. The Morgan fingerprint density at radius 3 is 2.53 bits per heavy atom. The van der Waals surface area contributed by atoms with E-state index in [0.717, 1.165) is 36.3 Å². The molecule has 1 amide bonds.